The number of hydrogen-bond donors (Lipinski definition) is 2. The summed E-state index contributed by atoms with van der Waals surface area (Å²) in [4.78, 5) is 13.3. The Balaban J connectivity index is 1.61. The topological polar surface area (TPSA) is 84.5 Å². The second kappa shape index (κ2) is 10.2. The Kier molecular flexibility index (Phi) is 8.22. The van der Waals surface area contributed by atoms with Gasteiger partial charge in [0.1, 0.15) is 5.25 Å². The molecule has 0 aromatic heterocycles. The molecule has 3 atom stereocenters. The molecule has 3 fully saturated rings. The van der Waals surface area contributed by atoms with Gasteiger partial charge in [0.05, 0.1) is 6.10 Å². The molecule has 0 aliphatic heterocycles. The monoisotopic (exact) mass is 478 g/mol. The van der Waals surface area contributed by atoms with Gasteiger partial charge in [0.25, 0.3) is 0 Å². The fourth-order valence-corrected chi connectivity index (χ4v) is 7.53. The Labute approximate surface area is 178 Å². The van der Waals surface area contributed by atoms with Crippen LogP contribution in [0.1, 0.15) is 77.0 Å². The quantitative estimate of drug-likeness (QED) is 0.573. The Hall–Kier alpha value is -0.180. The Morgan fingerprint density at radius 2 is 1.61 bits per heavy atom. The standard InChI is InChI=1S/C20H35BrN2O4S/c1-27-18-12-7-14(20(24)22-16-5-3-2-4-6-16)13-19(18)28(25,26)23-17-10-8-15(21)9-11-17/h14-19,23H,2-13H2,1H3,(H,22,24). The summed E-state index contributed by atoms with van der Waals surface area (Å²) in [6.07, 6.45) is 10.6. The van der Waals surface area contributed by atoms with Gasteiger partial charge in [0, 0.05) is 29.9 Å². The number of rotatable bonds is 6. The number of alkyl halides is 1. The highest BCUT2D eigenvalue weighted by Gasteiger charge is 2.42. The van der Waals surface area contributed by atoms with Gasteiger partial charge in [-0.25, -0.2) is 13.1 Å². The van der Waals surface area contributed by atoms with E-state index in [1.807, 2.05) is 0 Å². The zero-order chi connectivity index (χ0) is 20.1. The van der Waals surface area contributed by atoms with E-state index in [9.17, 15) is 13.2 Å². The van der Waals surface area contributed by atoms with Gasteiger partial charge in [-0.1, -0.05) is 35.2 Å². The van der Waals surface area contributed by atoms with Gasteiger partial charge in [-0.2, -0.15) is 0 Å². The van der Waals surface area contributed by atoms with Gasteiger partial charge in [0.2, 0.25) is 15.9 Å². The van der Waals surface area contributed by atoms with Gasteiger partial charge in [-0.05, 0) is 57.8 Å². The normalized spacial score (nSPS) is 35.4. The summed E-state index contributed by atoms with van der Waals surface area (Å²) >= 11 is 3.62. The molecule has 3 unspecified atom stereocenters. The molecule has 1 amide bonds. The smallest absolute Gasteiger partial charge is 0.223 e. The molecule has 2 N–H and O–H groups in total. The Morgan fingerprint density at radius 3 is 2.25 bits per heavy atom. The lowest BCUT2D eigenvalue weighted by Gasteiger charge is -2.36. The minimum Gasteiger partial charge on any atom is -0.380 e. The first-order chi connectivity index (χ1) is 13.4. The van der Waals surface area contributed by atoms with Crippen LogP contribution in [-0.2, 0) is 19.6 Å². The molecule has 0 radical (unpaired) electrons. The predicted molar refractivity (Wildman–Crippen MR) is 114 cm³/mol. The minimum atomic E-state index is -3.53. The number of amides is 1. The van der Waals surface area contributed by atoms with Gasteiger partial charge in [-0.3, -0.25) is 4.79 Å². The highest BCUT2D eigenvalue weighted by molar-refractivity contribution is 9.09. The molecule has 6 nitrogen and oxygen atoms in total. The first-order valence-corrected chi connectivity index (χ1v) is 13.3. The zero-order valence-corrected chi connectivity index (χ0v) is 19.3. The molecule has 0 heterocycles. The summed E-state index contributed by atoms with van der Waals surface area (Å²) in [7, 11) is -1.96. The number of ether oxygens (including phenoxy) is 1. The molecule has 3 aliphatic carbocycles. The maximum absolute atomic E-state index is 13.1. The van der Waals surface area contributed by atoms with E-state index in [0.717, 1.165) is 38.5 Å². The number of sulfonamides is 1. The maximum atomic E-state index is 13.1. The van der Waals surface area contributed by atoms with Crippen LogP contribution in [0.2, 0.25) is 0 Å². The van der Waals surface area contributed by atoms with Crippen molar-refractivity contribution < 1.29 is 17.9 Å². The van der Waals surface area contributed by atoms with E-state index < -0.39 is 15.3 Å². The van der Waals surface area contributed by atoms with E-state index in [-0.39, 0.29) is 30.0 Å². The molecule has 3 aliphatic rings. The average molecular weight is 479 g/mol. The number of carbonyl (C=O) groups is 1. The molecule has 0 saturated heterocycles. The van der Waals surface area contributed by atoms with Crippen molar-refractivity contribution in [2.45, 2.75) is 105 Å². The third-order valence-corrected chi connectivity index (χ3v) is 9.61. The summed E-state index contributed by atoms with van der Waals surface area (Å²) in [6.45, 7) is 0. The van der Waals surface area contributed by atoms with Crippen LogP contribution in [0.3, 0.4) is 0 Å². The molecule has 0 aromatic carbocycles. The van der Waals surface area contributed by atoms with Crippen molar-refractivity contribution in [2.75, 3.05) is 7.11 Å². The van der Waals surface area contributed by atoms with Gasteiger partial charge < -0.3 is 10.1 Å². The average Bonchev–Trinajstić information content (AvgIpc) is 2.70. The predicted octanol–water partition coefficient (Wildman–Crippen LogP) is 3.24. The van der Waals surface area contributed by atoms with Crippen LogP contribution in [0.5, 0.6) is 0 Å². The third kappa shape index (κ3) is 5.92. The van der Waals surface area contributed by atoms with Crippen LogP contribution in [0.15, 0.2) is 0 Å². The molecule has 0 spiro atoms. The number of methoxy groups -OCH3 is 1. The summed E-state index contributed by atoms with van der Waals surface area (Å²) in [6, 6.07) is 0.252. The molecule has 28 heavy (non-hydrogen) atoms. The minimum absolute atomic E-state index is 0.00671. The second-order valence-corrected chi connectivity index (χ2v) is 12.0. The van der Waals surface area contributed by atoms with Crippen molar-refractivity contribution in [2.24, 2.45) is 5.92 Å². The second-order valence-electron chi connectivity index (χ2n) is 8.78. The number of hydrogen-bond acceptors (Lipinski definition) is 4. The largest absolute Gasteiger partial charge is 0.380 e. The third-order valence-electron chi connectivity index (χ3n) is 6.74. The number of carbonyl (C=O) groups excluding carboxylic acids is 1. The number of nitrogens with one attached hydrogen (secondary N) is 2. The van der Waals surface area contributed by atoms with Crippen molar-refractivity contribution in [1.29, 1.82) is 0 Å². The van der Waals surface area contributed by atoms with Crippen molar-refractivity contribution >= 4 is 31.9 Å². The summed E-state index contributed by atoms with van der Waals surface area (Å²) < 4.78 is 34.7. The van der Waals surface area contributed by atoms with Crippen LogP contribution in [-0.4, -0.2) is 49.7 Å². The fourth-order valence-electron chi connectivity index (χ4n) is 4.99. The highest BCUT2D eigenvalue weighted by Crippen LogP contribution is 2.32. The molecular formula is C20H35BrN2O4S. The maximum Gasteiger partial charge on any atom is 0.223 e. The fraction of sp³-hybridized carbons (Fsp3) is 0.950. The molecule has 0 aromatic rings. The van der Waals surface area contributed by atoms with Gasteiger partial charge in [-0.15, -0.1) is 0 Å². The molecular weight excluding hydrogens is 444 g/mol. The van der Waals surface area contributed by atoms with Crippen molar-refractivity contribution in [3.8, 4) is 0 Å². The molecule has 3 saturated carbocycles. The first kappa shape index (κ1) is 22.5. The SMILES string of the molecule is COC1CCC(C(=O)NC2CCCCC2)CC1S(=O)(=O)NC1CCC(Br)CC1. The lowest BCUT2D eigenvalue weighted by atomic mass is 9.85. The van der Waals surface area contributed by atoms with E-state index in [1.54, 1.807) is 7.11 Å². The van der Waals surface area contributed by atoms with Crippen LogP contribution < -0.4 is 10.0 Å². The van der Waals surface area contributed by atoms with Crippen LogP contribution in [0, 0.1) is 5.92 Å². The van der Waals surface area contributed by atoms with Gasteiger partial charge >= 0.3 is 0 Å². The molecule has 8 heteroatoms. The van der Waals surface area contributed by atoms with Gasteiger partial charge in [0.15, 0.2) is 0 Å². The van der Waals surface area contributed by atoms with E-state index in [4.69, 9.17) is 4.74 Å². The van der Waals surface area contributed by atoms with Crippen LogP contribution >= 0.6 is 15.9 Å². The molecule has 162 valence electrons. The first-order valence-electron chi connectivity index (χ1n) is 10.9. The van der Waals surface area contributed by atoms with Crippen molar-refractivity contribution in [3.63, 3.8) is 0 Å². The highest BCUT2D eigenvalue weighted by atomic mass is 79.9. The van der Waals surface area contributed by atoms with E-state index in [1.165, 1.54) is 19.3 Å². The van der Waals surface area contributed by atoms with Crippen molar-refractivity contribution in [1.82, 2.24) is 10.0 Å². The zero-order valence-electron chi connectivity index (χ0n) is 16.9. The van der Waals surface area contributed by atoms with E-state index >= 15 is 0 Å². The van der Waals surface area contributed by atoms with Crippen molar-refractivity contribution in [3.05, 3.63) is 0 Å². The lowest BCUT2D eigenvalue weighted by molar-refractivity contribution is -0.127. The van der Waals surface area contributed by atoms with Crippen LogP contribution in [0.25, 0.3) is 0 Å². The number of halogens is 1. The van der Waals surface area contributed by atoms with E-state index in [0.29, 0.717) is 24.1 Å². The lowest BCUT2D eigenvalue weighted by Crippen LogP contribution is -2.52. The summed E-state index contributed by atoms with van der Waals surface area (Å²) in [5.74, 6) is -0.213. The van der Waals surface area contributed by atoms with E-state index in [2.05, 4.69) is 26.0 Å². The van der Waals surface area contributed by atoms with Crippen LogP contribution in [0.4, 0.5) is 0 Å². The molecule has 0 bridgehead atoms. The summed E-state index contributed by atoms with van der Waals surface area (Å²) in [5.41, 5.74) is 0. The summed E-state index contributed by atoms with van der Waals surface area (Å²) in [5, 5.41) is 2.52. The molecule has 3 rings (SSSR count). The Bertz CT molecular complexity index is 616. The Morgan fingerprint density at radius 1 is 0.929 bits per heavy atom.